The predicted molar refractivity (Wildman–Crippen MR) is 100.0 cm³/mol. The summed E-state index contributed by atoms with van der Waals surface area (Å²) < 4.78 is 1.67. The number of hydrogen-bond donors (Lipinski definition) is 1. The smallest absolute Gasteiger partial charge is 0.251 e. The van der Waals surface area contributed by atoms with Gasteiger partial charge in [0.25, 0.3) is 5.91 Å². The van der Waals surface area contributed by atoms with Gasteiger partial charge in [0, 0.05) is 10.4 Å². The first-order valence-corrected chi connectivity index (χ1v) is 9.40. The van der Waals surface area contributed by atoms with Crippen LogP contribution in [0.3, 0.4) is 0 Å². The fraction of sp³-hybridized carbons (Fsp3) is 0.316. The number of aromatic nitrogens is 3. The standard InChI is InChI=1S/C19H22N4OS/c1-3-14(4-2)18(17-6-5-11-25-17)22-19(24)15-7-9-16(10-8-15)23-13-20-12-21-23/h5-14,18H,3-4H2,1-2H3,(H,22,24). The Hall–Kier alpha value is -2.47. The molecule has 1 atom stereocenters. The Morgan fingerprint density at radius 2 is 1.96 bits per heavy atom. The molecule has 0 bridgehead atoms. The lowest BCUT2D eigenvalue weighted by atomic mass is 9.92. The van der Waals surface area contributed by atoms with Crippen molar-refractivity contribution in [2.45, 2.75) is 32.7 Å². The van der Waals surface area contributed by atoms with Gasteiger partial charge < -0.3 is 5.32 Å². The molecule has 0 fully saturated rings. The van der Waals surface area contributed by atoms with E-state index >= 15 is 0 Å². The summed E-state index contributed by atoms with van der Waals surface area (Å²) in [5.41, 5.74) is 1.53. The fourth-order valence-electron chi connectivity index (χ4n) is 2.98. The minimum Gasteiger partial charge on any atom is -0.344 e. The third-order valence-electron chi connectivity index (χ3n) is 4.47. The van der Waals surface area contributed by atoms with E-state index in [2.05, 4.69) is 40.7 Å². The van der Waals surface area contributed by atoms with E-state index < -0.39 is 0 Å². The van der Waals surface area contributed by atoms with Gasteiger partial charge in [0.1, 0.15) is 12.7 Å². The van der Waals surface area contributed by atoms with Crippen LogP contribution in [0.4, 0.5) is 0 Å². The van der Waals surface area contributed by atoms with E-state index in [1.54, 1.807) is 22.3 Å². The number of thiophene rings is 1. The quantitative estimate of drug-likeness (QED) is 0.690. The lowest BCUT2D eigenvalue weighted by molar-refractivity contribution is 0.0920. The fourth-order valence-corrected chi connectivity index (χ4v) is 3.85. The highest BCUT2D eigenvalue weighted by molar-refractivity contribution is 7.10. The molecule has 0 saturated carbocycles. The van der Waals surface area contributed by atoms with Crippen LogP contribution in [0, 0.1) is 5.92 Å². The van der Waals surface area contributed by atoms with Gasteiger partial charge >= 0.3 is 0 Å². The van der Waals surface area contributed by atoms with Crippen LogP contribution in [0.25, 0.3) is 5.69 Å². The number of carbonyl (C=O) groups is 1. The Balaban J connectivity index is 1.77. The maximum atomic E-state index is 12.7. The highest BCUT2D eigenvalue weighted by Crippen LogP contribution is 2.30. The summed E-state index contributed by atoms with van der Waals surface area (Å²) >= 11 is 1.69. The van der Waals surface area contributed by atoms with Crippen molar-refractivity contribution in [3.05, 3.63) is 64.9 Å². The molecule has 130 valence electrons. The molecule has 1 aromatic carbocycles. The van der Waals surface area contributed by atoms with Gasteiger partial charge in [-0.1, -0.05) is 32.8 Å². The molecule has 1 N–H and O–H groups in total. The molecule has 1 amide bonds. The van der Waals surface area contributed by atoms with Gasteiger partial charge in [-0.3, -0.25) is 4.79 Å². The zero-order valence-corrected chi connectivity index (χ0v) is 15.2. The summed E-state index contributed by atoms with van der Waals surface area (Å²) in [5.74, 6) is 0.382. The lowest BCUT2D eigenvalue weighted by Crippen LogP contribution is -2.32. The average molecular weight is 354 g/mol. The second-order valence-corrected chi connectivity index (χ2v) is 6.91. The van der Waals surface area contributed by atoms with E-state index in [1.807, 2.05) is 30.3 Å². The molecule has 3 rings (SSSR count). The molecule has 0 radical (unpaired) electrons. The van der Waals surface area contributed by atoms with E-state index in [4.69, 9.17) is 0 Å². The summed E-state index contributed by atoms with van der Waals surface area (Å²) in [6.07, 6.45) is 5.19. The van der Waals surface area contributed by atoms with E-state index in [9.17, 15) is 4.79 Å². The zero-order valence-electron chi connectivity index (χ0n) is 14.4. The number of nitrogens with one attached hydrogen (secondary N) is 1. The van der Waals surface area contributed by atoms with E-state index in [1.165, 1.54) is 11.2 Å². The topological polar surface area (TPSA) is 59.8 Å². The molecule has 0 spiro atoms. The number of rotatable bonds is 7. The van der Waals surface area contributed by atoms with Crippen LogP contribution in [0.1, 0.15) is 48.0 Å². The SMILES string of the molecule is CCC(CC)C(NC(=O)c1ccc(-n2cncn2)cc1)c1cccs1. The molecular formula is C19H22N4OS. The highest BCUT2D eigenvalue weighted by atomic mass is 32.1. The third kappa shape index (κ3) is 3.96. The van der Waals surface area contributed by atoms with Crippen LogP contribution in [-0.2, 0) is 0 Å². The second kappa shape index (κ2) is 8.07. The first-order valence-electron chi connectivity index (χ1n) is 8.52. The number of nitrogens with zero attached hydrogens (tertiary/aromatic N) is 3. The van der Waals surface area contributed by atoms with E-state index in [0.717, 1.165) is 18.5 Å². The van der Waals surface area contributed by atoms with Gasteiger partial charge in [0.15, 0.2) is 0 Å². The van der Waals surface area contributed by atoms with E-state index in [-0.39, 0.29) is 11.9 Å². The van der Waals surface area contributed by atoms with Crippen molar-refractivity contribution >= 4 is 17.2 Å². The molecule has 0 aliphatic carbocycles. The maximum Gasteiger partial charge on any atom is 0.251 e. The summed E-state index contributed by atoms with van der Waals surface area (Å²) in [5, 5.41) is 9.38. The number of hydrogen-bond acceptors (Lipinski definition) is 4. The summed E-state index contributed by atoms with van der Waals surface area (Å²) in [4.78, 5) is 17.9. The summed E-state index contributed by atoms with van der Waals surface area (Å²) in [6, 6.07) is 11.6. The Bertz CT molecular complexity index is 777. The number of amides is 1. The molecule has 0 aliphatic heterocycles. The van der Waals surface area contributed by atoms with Gasteiger partial charge in [-0.25, -0.2) is 9.67 Å². The van der Waals surface area contributed by atoms with Crippen molar-refractivity contribution in [2.75, 3.05) is 0 Å². The lowest BCUT2D eigenvalue weighted by Gasteiger charge is -2.25. The number of carbonyl (C=O) groups excluding carboxylic acids is 1. The first kappa shape index (κ1) is 17.4. The first-order chi connectivity index (χ1) is 12.2. The van der Waals surface area contributed by atoms with Gasteiger partial charge in [-0.15, -0.1) is 11.3 Å². The Morgan fingerprint density at radius 3 is 2.52 bits per heavy atom. The second-order valence-electron chi connectivity index (χ2n) is 5.93. The minimum atomic E-state index is -0.0459. The van der Waals surface area contributed by atoms with Crippen molar-refractivity contribution in [2.24, 2.45) is 5.92 Å². The van der Waals surface area contributed by atoms with Gasteiger partial charge in [-0.05, 0) is 41.6 Å². The maximum absolute atomic E-state index is 12.7. The molecule has 5 nitrogen and oxygen atoms in total. The zero-order chi connectivity index (χ0) is 17.6. The normalized spacial score (nSPS) is 12.3. The van der Waals surface area contributed by atoms with Gasteiger partial charge in [0.05, 0.1) is 11.7 Å². The molecule has 0 saturated heterocycles. The van der Waals surface area contributed by atoms with Crippen LogP contribution in [-0.4, -0.2) is 20.7 Å². The third-order valence-corrected chi connectivity index (χ3v) is 5.42. The van der Waals surface area contributed by atoms with Crippen LogP contribution in [0.5, 0.6) is 0 Å². The summed E-state index contributed by atoms with van der Waals surface area (Å²) in [6.45, 7) is 4.35. The monoisotopic (exact) mass is 354 g/mol. The van der Waals surface area contributed by atoms with Gasteiger partial charge in [0.2, 0.25) is 0 Å². The molecule has 2 aromatic heterocycles. The molecule has 6 heteroatoms. The van der Waals surface area contributed by atoms with Crippen LogP contribution >= 0.6 is 11.3 Å². The van der Waals surface area contributed by atoms with Crippen LogP contribution in [0.15, 0.2) is 54.4 Å². The van der Waals surface area contributed by atoms with Crippen molar-refractivity contribution in [3.63, 3.8) is 0 Å². The minimum absolute atomic E-state index is 0.0459. The van der Waals surface area contributed by atoms with E-state index in [0.29, 0.717) is 11.5 Å². The molecule has 0 aliphatic rings. The number of benzene rings is 1. The Kier molecular flexibility index (Phi) is 5.60. The average Bonchev–Trinajstić information content (AvgIpc) is 3.35. The predicted octanol–water partition coefficient (Wildman–Crippen LogP) is 4.24. The Labute approximate surface area is 151 Å². The van der Waals surface area contributed by atoms with Gasteiger partial charge in [-0.2, -0.15) is 5.10 Å². The molecule has 25 heavy (non-hydrogen) atoms. The van der Waals surface area contributed by atoms with Crippen LogP contribution in [0.2, 0.25) is 0 Å². The molecule has 3 aromatic rings. The van der Waals surface area contributed by atoms with Crippen LogP contribution < -0.4 is 5.32 Å². The molecule has 2 heterocycles. The highest BCUT2D eigenvalue weighted by Gasteiger charge is 2.23. The molecular weight excluding hydrogens is 332 g/mol. The summed E-state index contributed by atoms with van der Waals surface area (Å²) in [7, 11) is 0. The Morgan fingerprint density at radius 1 is 1.20 bits per heavy atom. The van der Waals surface area contributed by atoms with Crippen molar-refractivity contribution < 1.29 is 4.79 Å². The largest absolute Gasteiger partial charge is 0.344 e. The van der Waals surface area contributed by atoms with Crippen molar-refractivity contribution in [1.82, 2.24) is 20.1 Å². The van der Waals surface area contributed by atoms with Crippen molar-refractivity contribution in [3.8, 4) is 5.69 Å². The molecule has 1 unspecified atom stereocenters. The van der Waals surface area contributed by atoms with Crippen molar-refractivity contribution in [1.29, 1.82) is 0 Å².